The maximum Gasteiger partial charge on any atom is 0.241 e. The van der Waals surface area contributed by atoms with Gasteiger partial charge in [0.05, 0.1) is 12.5 Å². The lowest BCUT2D eigenvalue weighted by Gasteiger charge is -2.30. The number of carbonyl (C=O) groups is 1. The highest BCUT2D eigenvalue weighted by molar-refractivity contribution is 6.30. The van der Waals surface area contributed by atoms with E-state index in [9.17, 15) is 4.79 Å². The van der Waals surface area contributed by atoms with Crippen molar-refractivity contribution in [2.24, 2.45) is 5.92 Å². The Morgan fingerprint density at radius 2 is 2.07 bits per heavy atom. The molecule has 1 unspecified atom stereocenters. The summed E-state index contributed by atoms with van der Waals surface area (Å²) in [4.78, 5) is 19.3. The molecule has 1 N–H and O–H groups in total. The van der Waals surface area contributed by atoms with Crippen LogP contribution in [0.1, 0.15) is 18.7 Å². The van der Waals surface area contributed by atoms with Gasteiger partial charge in [0.15, 0.2) is 0 Å². The Bertz CT molecular complexity index is 944. The van der Waals surface area contributed by atoms with Gasteiger partial charge in [0.2, 0.25) is 17.6 Å². The van der Waals surface area contributed by atoms with Gasteiger partial charge in [-0.3, -0.25) is 9.69 Å². The molecule has 0 aliphatic carbocycles. The van der Waals surface area contributed by atoms with Gasteiger partial charge in [0, 0.05) is 22.8 Å². The maximum absolute atomic E-state index is 12.6. The normalized spacial score (nSPS) is 17.4. The quantitative estimate of drug-likeness (QED) is 0.698. The zero-order chi connectivity index (χ0) is 19.3. The van der Waals surface area contributed by atoms with Crippen LogP contribution < -0.4 is 5.32 Å². The second-order valence-corrected chi connectivity index (χ2v) is 7.39. The first-order valence-electron chi connectivity index (χ1n) is 9.34. The van der Waals surface area contributed by atoms with E-state index in [1.807, 2.05) is 42.5 Å². The molecule has 1 saturated heterocycles. The van der Waals surface area contributed by atoms with Crippen molar-refractivity contribution in [2.45, 2.75) is 19.4 Å². The molecule has 28 heavy (non-hydrogen) atoms. The van der Waals surface area contributed by atoms with Crippen molar-refractivity contribution < 1.29 is 9.32 Å². The number of likely N-dealkylation sites (tertiary alicyclic amines) is 1. The fourth-order valence-electron chi connectivity index (χ4n) is 3.44. The second kappa shape index (κ2) is 8.54. The lowest BCUT2D eigenvalue weighted by atomic mass is 9.97. The van der Waals surface area contributed by atoms with E-state index < -0.39 is 0 Å². The molecular weight excluding hydrogens is 376 g/mol. The topological polar surface area (TPSA) is 71.3 Å². The van der Waals surface area contributed by atoms with E-state index in [0.29, 0.717) is 29.8 Å². The highest BCUT2D eigenvalue weighted by atomic mass is 35.5. The molecule has 1 aromatic heterocycles. The first kappa shape index (κ1) is 18.7. The fraction of sp³-hybridized carbons (Fsp3) is 0.286. The molecule has 0 spiro atoms. The number of nitrogens with zero attached hydrogens (tertiary/aromatic N) is 3. The highest BCUT2D eigenvalue weighted by Crippen LogP contribution is 2.22. The monoisotopic (exact) mass is 396 g/mol. The second-order valence-electron chi connectivity index (χ2n) is 6.95. The minimum Gasteiger partial charge on any atom is -0.338 e. The van der Waals surface area contributed by atoms with Crippen molar-refractivity contribution in [2.75, 3.05) is 18.4 Å². The van der Waals surface area contributed by atoms with Crippen LogP contribution in [-0.4, -0.2) is 34.0 Å². The molecule has 0 saturated carbocycles. The Morgan fingerprint density at radius 3 is 2.89 bits per heavy atom. The summed E-state index contributed by atoms with van der Waals surface area (Å²) in [6.45, 7) is 2.11. The number of nitrogens with one attached hydrogen (secondary N) is 1. The summed E-state index contributed by atoms with van der Waals surface area (Å²) in [6, 6.07) is 16.9. The minimum absolute atomic E-state index is 0.0162. The number of anilines is 1. The number of benzene rings is 2. The third-order valence-electron chi connectivity index (χ3n) is 4.83. The van der Waals surface area contributed by atoms with Crippen molar-refractivity contribution in [3.05, 3.63) is 65.5 Å². The molecule has 1 atom stereocenters. The predicted octanol–water partition coefficient (Wildman–Crippen LogP) is 4.24. The van der Waals surface area contributed by atoms with E-state index >= 15 is 0 Å². The van der Waals surface area contributed by atoms with E-state index in [2.05, 4.69) is 20.4 Å². The van der Waals surface area contributed by atoms with E-state index in [4.69, 9.17) is 16.1 Å². The summed E-state index contributed by atoms with van der Waals surface area (Å²) in [7, 11) is 0. The fourth-order valence-corrected chi connectivity index (χ4v) is 3.63. The van der Waals surface area contributed by atoms with Crippen molar-refractivity contribution in [1.82, 2.24) is 15.0 Å². The Morgan fingerprint density at radius 1 is 1.21 bits per heavy atom. The predicted molar refractivity (Wildman–Crippen MR) is 108 cm³/mol. The molecule has 1 aliphatic rings. The zero-order valence-electron chi connectivity index (χ0n) is 15.3. The minimum atomic E-state index is -0.0794. The molecule has 0 radical (unpaired) electrons. The summed E-state index contributed by atoms with van der Waals surface area (Å²) in [5.74, 6) is 1.09. The molecule has 0 bridgehead atoms. The van der Waals surface area contributed by atoms with Crippen molar-refractivity contribution in [3.8, 4) is 11.4 Å². The number of rotatable bonds is 5. The van der Waals surface area contributed by atoms with Gasteiger partial charge in [-0.25, -0.2) is 0 Å². The Kier molecular flexibility index (Phi) is 5.69. The Hall–Kier alpha value is -2.70. The molecule has 4 rings (SSSR count). The van der Waals surface area contributed by atoms with E-state index in [0.717, 1.165) is 30.6 Å². The molecule has 2 heterocycles. The first-order valence-corrected chi connectivity index (χ1v) is 9.72. The van der Waals surface area contributed by atoms with E-state index in [1.54, 1.807) is 12.1 Å². The van der Waals surface area contributed by atoms with Gasteiger partial charge in [0.25, 0.3) is 0 Å². The van der Waals surface area contributed by atoms with Gasteiger partial charge in [-0.05, 0) is 37.6 Å². The molecule has 3 aromatic rings. The highest BCUT2D eigenvalue weighted by Gasteiger charge is 2.27. The Labute approximate surface area is 168 Å². The van der Waals surface area contributed by atoms with Crippen molar-refractivity contribution in [1.29, 1.82) is 0 Å². The van der Waals surface area contributed by atoms with Gasteiger partial charge in [-0.2, -0.15) is 4.98 Å². The number of hydrogen-bond acceptors (Lipinski definition) is 5. The number of piperidine rings is 1. The van der Waals surface area contributed by atoms with E-state index in [1.165, 1.54) is 0 Å². The standard InChI is InChI=1S/C21H21ClN4O2/c22-17-9-4-10-18(12-17)23-21(27)16-8-5-11-26(13-16)14-19-24-20(25-28-19)15-6-2-1-3-7-15/h1-4,6-7,9-10,12,16H,5,8,11,13-14H2,(H,23,27). The molecule has 144 valence electrons. The van der Waals surface area contributed by atoms with Gasteiger partial charge >= 0.3 is 0 Å². The lowest BCUT2D eigenvalue weighted by molar-refractivity contribution is -0.121. The maximum atomic E-state index is 12.6. The third-order valence-corrected chi connectivity index (χ3v) is 5.06. The van der Waals surface area contributed by atoms with Crippen LogP contribution in [0.3, 0.4) is 0 Å². The summed E-state index contributed by atoms with van der Waals surface area (Å²) < 4.78 is 5.41. The summed E-state index contributed by atoms with van der Waals surface area (Å²) in [6.07, 6.45) is 1.81. The van der Waals surface area contributed by atoms with Gasteiger partial charge in [-0.15, -0.1) is 0 Å². The molecule has 1 fully saturated rings. The molecule has 7 heteroatoms. The van der Waals surface area contributed by atoms with Crippen molar-refractivity contribution in [3.63, 3.8) is 0 Å². The van der Waals surface area contributed by atoms with Gasteiger partial charge < -0.3 is 9.84 Å². The van der Waals surface area contributed by atoms with Crippen LogP contribution in [0.15, 0.2) is 59.1 Å². The number of carbonyl (C=O) groups excluding carboxylic acids is 1. The summed E-state index contributed by atoms with van der Waals surface area (Å²) >= 11 is 5.99. The zero-order valence-corrected chi connectivity index (χ0v) is 16.1. The van der Waals surface area contributed by atoms with Crippen LogP contribution in [0.25, 0.3) is 11.4 Å². The van der Waals surface area contributed by atoms with Crippen LogP contribution >= 0.6 is 11.6 Å². The molecule has 1 amide bonds. The van der Waals surface area contributed by atoms with Crippen LogP contribution in [0.2, 0.25) is 5.02 Å². The average Bonchev–Trinajstić information content (AvgIpc) is 3.17. The van der Waals surface area contributed by atoms with E-state index in [-0.39, 0.29) is 11.8 Å². The third kappa shape index (κ3) is 4.58. The SMILES string of the molecule is O=C(Nc1cccc(Cl)c1)C1CCCN(Cc2nc(-c3ccccc3)no2)C1. The summed E-state index contributed by atoms with van der Waals surface area (Å²) in [5.41, 5.74) is 1.65. The van der Waals surface area contributed by atoms with Crippen LogP contribution in [0.4, 0.5) is 5.69 Å². The molecular formula is C21H21ClN4O2. The molecule has 6 nitrogen and oxygen atoms in total. The first-order chi connectivity index (χ1) is 13.7. The van der Waals surface area contributed by atoms with Crippen molar-refractivity contribution >= 4 is 23.2 Å². The number of aromatic nitrogens is 2. The van der Waals surface area contributed by atoms with Gasteiger partial charge in [-0.1, -0.05) is 53.2 Å². The summed E-state index contributed by atoms with van der Waals surface area (Å²) in [5, 5.41) is 7.63. The van der Waals surface area contributed by atoms with Crippen LogP contribution in [0.5, 0.6) is 0 Å². The number of halogens is 1. The lowest BCUT2D eigenvalue weighted by Crippen LogP contribution is -2.40. The largest absolute Gasteiger partial charge is 0.338 e. The number of hydrogen-bond donors (Lipinski definition) is 1. The smallest absolute Gasteiger partial charge is 0.241 e. The number of amides is 1. The van der Waals surface area contributed by atoms with Crippen LogP contribution in [-0.2, 0) is 11.3 Å². The Balaban J connectivity index is 1.36. The van der Waals surface area contributed by atoms with Gasteiger partial charge in [0.1, 0.15) is 0 Å². The van der Waals surface area contributed by atoms with Crippen LogP contribution in [0, 0.1) is 5.92 Å². The average molecular weight is 397 g/mol. The molecule has 1 aliphatic heterocycles. The molecule has 2 aromatic carbocycles.